The first kappa shape index (κ1) is 13.6. The van der Waals surface area contributed by atoms with Crippen molar-refractivity contribution in [1.82, 2.24) is 9.78 Å². The normalized spacial score (nSPS) is 17.1. The van der Waals surface area contributed by atoms with Crippen molar-refractivity contribution in [2.45, 2.75) is 33.0 Å². The van der Waals surface area contributed by atoms with Crippen LogP contribution in [0.2, 0.25) is 0 Å². The number of benzene rings is 1. The van der Waals surface area contributed by atoms with Gasteiger partial charge in [0.05, 0.1) is 17.1 Å². The van der Waals surface area contributed by atoms with Gasteiger partial charge in [-0.25, -0.2) is 0 Å². The van der Waals surface area contributed by atoms with Crippen LogP contribution in [0.15, 0.2) is 24.3 Å². The van der Waals surface area contributed by atoms with E-state index in [1.807, 2.05) is 35.9 Å². The molecule has 1 aromatic carbocycles. The van der Waals surface area contributed by atoms with Crippen LogP contribution in [0.25, 0.3) is 11.3 Å². The van der Waals surface area contributed by atoms with Gasteiger partial charge >= 0.3 is 0 Å². The van der Waals surface area contributed by atoms with Crippen molar-refractivity contribution in [3.05, 3.63) is 30.0 Å². The van der Waals surface area contributed by atoms with Crippen LogP contribution in [-0.2, 0) is 17.9 Å². The van der Waals surface area contributed by atoms with Crippen molar-refractivity contribution in [3.63, 3.8) is 0 Å². The molecular formula is C15H18N4O2. The first-order valence-corrected chi connectivity index (χ1v) is 7.01. The first-order valence-electron chi connectivity index (χ1n) is 7.01. The number of hydrogen-bond acceptors (Lipinski definition) is 4. The molecule has 3 N–H and O–H groups in total. The third kappa shape index (κ3) is 2.38. The van der Waals surface area contributed by atoms with Crippen LogP contribution >= 0.6 is 0 Å². The van der Waals surface area contributed by atoms with Crippen LogP contribution < -0.4 is 15.8 Å². The number of aryl methyl sites for hydroxylation is 1. The molecule has 110 valence electrons. The van der Waals surface area contributed by atoms with Crippen LogP contribution in [0.1, 0.15) is 19.5 Å². The fourth-order valence-corrected chi connectivity index (χ4v) is 2.40. The van der Waals surface area contributed by atoms with Crippen molar-refractivity contribution < 1.29 is 9.53 Å². The van der Waals surface area contributed by atoms with Gasteiger partial charge in [0.1, 0.15) is 5.75 Å². The molecule has 21 heavy (non-hydrogen) atoms. The van der Waals surface area contributed by atoms with E-state index in [0.29, 0.717) is 18.0 Å². The molecule has 0 radical (unpaired) electrons. The summed E-state index contributed by atoms with van der Waals surface area (Å²) in [5.74, 6) is 0.543. The summed E-state index contributed by atoms with van der Waals surface area (Å²) in [5.41, 5.74) is 9.15. The lowest BCUT2D eigenvalue weighted by molar-refractivity contribution is -0.122. The summed E-state index contributed by atoms with van der Waals surface area (Å²) >= 11 is 0. The largest absolute Gasteiger partial charge is 0.479 e. The topological polar surface area (TPSA) is 82.2 Å². The first-order chi connectivity index (χ1) is 10.1. The highest BCUT2D eigenvalue weighted by Gasteiger charge is 2.23. The second-order valence-electron chi connectivity index (χ2n) is 5.00. The van der Waals surface area contributed by atoms with Gasteiger partial charge < -0.3 is 15.8 Å². The maximum atomic E-state index is 11.7. The minimum Gasteiger partial charge on any atom is -0.479 e. The molecule has 0 saturated heterocycles. The molecule has 1 atom stereocenters. The Morgan fingerprint density at radius 3 is 2.90 bits per heavy atom. The second kappa shape index (κ2) is 5.21. The van der Waals surface area contributed by atoms with Crippen molar-refractivity contribution in [1.29, 1.82) is 0 Å². The number of fused-ring (bicyclic) bond motifs is 1. The highest BCUT2D eigenvalue weighted by molar-refractivity contribution is 5.98. The molecule has 1 amide bonds. The summed E-state index contributed by atoms with van der Waals surface area (Å²) in [7, 11) is 0. The average Bonchev–Trinajstić information content (AvgIpc) is 2.91. The van der Waals surface area contributed by atoms with E-state index in [-0.39, 0.29) is 5.91 Å². The van der Waals surface area contributed by atoms with Gasteiger partial charge in [-0.15, -0.1) is 0 Å². The van der Waals surface area contributed by atoms with E-state index in [2.05, 4.69) is 10.4 Å². The van der Waals surface area contributed by atoms with Crippen LogP contribution in [0.3, 0.4) is 0 Å². The molecular weight excluding hydrogens is 268 g/mol. The lowest BCUT2D eigenvalue weighted by atomic mass is 10.1. The van der Waals surface area contributed by atoms with Crippen LogP contribution in [0, 0.1) is 0 Å². The number of carbonyl (C=O) groups is 1. The SMILES string of the molecule is CCn1nc(-c2ccc3c(c2)NC(=O)C(C)O3)cc1CN. The minimum absolute atomic E-state index is 0.138. The number of amides is 1. The van der Waals surface area contributed by atoms with Crippen LogP contribution in [0.5, 0.6) is 5.75 Å². The van der Waals surface area contributed by atoms with Crippen molar-refractivity contribution >= 4 is 11.6 Å². The zero-order valence-corrected chi connectivity index (χ0v) is 12.1. The highest BCUT2D eigenvalue weighted by atomic mass is 16.5. The number of nitrogens with two attached hydrogens (primary N) is 1. The Morgan fingerprint density at radius 2 is 2.24 bits per heavy atom. The number of carbonyl (C=O) groups excluding carboxylic acids is 1. The maximum Gasteiger partial charge on any atom is 0.265 e. The zero-order chi connectivity index (χ0) is 15.0. The van der Waals surface area contributed by atoms with E-state index in [4.69, 9.17) is 10.5 Å². The predicted molar refractivity (Wildman–Crippen MR) is 79.9 cm³/mol. The van der Waals surface area contributed by atoms with Gasteiger partial charge in [0.15, 0.2) is 6.10 Å². The molecule has 6 nitrogen and oxygen atoms in total. The average molecular weight is 286 g/mol. The third-order valence-corrected chi connectivity index (χ3v) is 3.58. The van der Waals surface area contributed by atoms with Gasteiger partial charge in [-0.1, -0.05) is 0 Å². The van der Waals surface area contributed by atoms with E-state index in [1.54, 1.807) is 6.92 Å². The molecule has 1 unspecified atom stereocenters. The Kier molecular flexibility index (Phi) is 3.39. The van der Waals surface area contributed by atoms with E-state index < -0.39 is 6.10 Å². The molecule has 1 aliphatic rings. The summed E-state index contributed by atoms with van der Waals surface area (Å²) in [5, 5.41) is 7.38. The predicted octanol–water partition coefficient (Wildman–Crippen LogP) is 1.75. The monoisotopic (exact) mass is 286 g/mol. The minimum atomic E-state index is -0.466. The smallest absolute Gasteiger partial charge is 0.265 e. The quantitative estimate of drug-likeness (QED) is 0.900. The van der Waals surface area contributed by atoms with Gasteiger partial charge in [-0.05, 0) is 38.1 Å². The fourth-order valence-electron chi connectivity index (χ4n) is 2.40. The molecule has 0 aliphatic carbocycles. The summed E-state index contributed by atoms with van der Waals surface area (Å²) in [6.07, 6.45) is -0.466. The number of nitrogens with one attached hydrogen (secondary N) is 1. The van der Waals surface area contributed by atoms with E-state index in [1.165, 1.54) is 0 Å². The Morgan fingerprint density at radius 1 is 1.43 bits per heavy atom. The Labute approximate surface area is 122 Å². The van der Waals surface area contributed by atoms with E-state index in [9.17, 15) is 4.79 Å². The number of nitrogens with zero attached hydrogens (tertiary/aromatic N) is 2. The molecule has 1 aliphatic heterocycles. The summed E-state index contributed by atoms with van der Waals surface area (Å²) in [6, 6.07) is 7.64. The molecule has 0 saturated carbocycles. The fraction of sp³-hybridized carbons (Fsp3) is 0.333. The number of hydrogen-bond donors (Lipinski definition) is 2. The van der Waals surface area contributed by atoms with Crippen LogP contribution in [0.4, 0.5) is 5.69 Å². The van der Waals surface area contributed by atoms with Gasteiger partial charge in [0, 0.05) is 18.7 Å². The van der Waals surface area contributed by atoms with Gasteiger partial charge in [0.2, 0.25) is 0 Å². The van der Waals surface area contributed by atoms with E-state index in [0.717, 1.165) is 23.5 Å². The Bertz CT molecular complexity index is 671. The molecule has 0 fully saturated rings. The van der Waals surface area contributed by atoms with Gasteiger partial charge in [0.25, 0.3) is 5.91 Å². The van der Waals surface area contributed by atoms with Crippen LogP contribution in [-0.4, -0.2) is 21.8 Å². The summed E-state index contributed by atoms with van der Waals surface area (Å²) < 4.78 is 7.43. The van der Waals surface area contributed by atoms with Crippen molar-refractivity contribution in [3.8, 4) is 17.0 Å². The maximum absolute atomic E-state index is 11.7. The number of ether oxygens (including phenoxy) is 1. The molecule has 0 bridgehead atoms. The van der Waals surface area contributed by atoms with Gasteiger partial charge in [-0.2, -0.15) is 5.10 Å². The molecule has 2 aromatic rings. The van der Waals surface area contributed by atoms with Gasteiger partial charge in [-0.3, -0.25) is 9.48 Å². The lowest BCUT2D eigenvalue weighted by Gasteiger charge is -2.23. The third-order valence-electron chi connectivity index (χ3n) is 3.58. The molecule has 3 rings (SSSR count). The zero-order valence-electron chi connectivity index (χ0n) is 12.1. The van der Waals surface area contributed by atoms with Crippen molar-refractivity contribution in [2.24, 2.45) is 5.73 Å². The molecule has 2 heterocycles. The summed E-state index contributed by atoms with van der Waals surface area (Å²) in [4.78, 5) is 11.7. The van der Waals surface area contributed by atoms with Crippen molar-refractivity contribution in [2.75, 3.05) is 5.32 Å². The molecule has 6 heteroatoms. The summed E-state index contributed by atoms with van der Waals surface area (Å²) in [6.45, 7) is 4.97. The standard InChI is InChI=1S/C15H18N4O2/c1-3-19-11(8-16)7-12(18-19)10-4-5-14-13(6-10)17-15(20)9(2)21-14/h4-7,9H,3,8,16H2,1-2H3,(H,17,20). The molecule has 1 aromatic heterocycles. The van der Waals surface area contributed by atoms with E-state index >= 15 is 0 Å². The number of aromatic nitrogens is 2. The Balaban J connectivity index is 1.99. The second-order valence-corrected chi connectivity index (χ2v) is 5.00. The highest BCUT2D eigenvalue weighted by Crippen LogP contribution is 2.33. The Hall–Kier alpha value is -2.34. The molecule has 0 spiro atoms. The lowest BCUT2D eigenvalue weighted by Crippen LogP contribution is -2.34. The number of anilines is 1. The number of rotatable bonds is 3.